The third-order valence-electron chi connectivity index (χ3n) is 2.00. The van der Waals surface area contributed by atoms with Gasteiger partial charge in [-0.25, -0.2) is 4.98 Å². The molecule has 1 aromatic heterocycles. The lowest BCUT2D eigenvalue weighted by molar-refractivity contribution is 0.293. The molecule has 1 saturated carbocycles. The lowest BCUT2D eigenvalue weighted by atomic mass is 10.3. The van der Waals surface area contributed by atoms with Crippen molar-refractivity contribution in [2.75, 3.05) is 6.26 Å². The first-order chi connectivity index (χ1) is 6.85. The van der Waals surface area contributed by atoms with E-state index in [9.17, 15) is 0 Å². The van der Waals surface area contributed by atoms with Gasteiger partial charge in [0.05, 0.1) is 11.0 Å². The van der Waals surface area contributed by atoms with E-state index < -0.39 is 0 Å². The molecule has 0 spiro atoms. The largest absolute Gasteiger partial charge is 0.486 e. The molecule has 4 heteroatoms. The number of thioether (sulfide) groups is 1. The van der Waals surface area contributed by atoms with Crippen molar-refractivity contribution >= 4 is 11.8 Å². The van der Waals surface area contributed by atoms with Gasteiger partial charge in [-0.15, -0.1) is 11.8 Å². The highest BCUT2D eigenvalue weighted by Crippen LogP contribution is 2.34. The smallest absolute Gasteiger partial charge is 0.183 e. The first kappa shape index (κ1) is 9.35. The Morgan fingerprint density at radius 3 is 3.00 bits per heavy atom. The first-order valence-electron chi connectivity index (χ1n) is 4.45. The van der Waals surface area contributed by atoms with Crippen molar-refractivity contribution in [3.63, 3.8) is 0 Å². The molecule has 1 aromatic rings. The van der Waals surface area contributed by atoms with Crippen LogP contribution in [0.3, 0.4) is 0 Å². The van der Waals surface area contributed by atoms with Crippen LogP contribution in [0.4, 0.5) is 0 Å². The summed E-state index contributed by atoms with van der Waals surface area (Å²) in [7, 11) is 0. The Morgan fingerprint density at radius 2 is 2.43 bits per heavy atom. The summed E-state index contributed by atoms with van der Waals surface area (Å²) >= 11 is 1.58. The van der Waals surface area contributed by atoms with Crippen LogP contribution in [0.2, 0.25) is 0 Å². The SMILES string of the molecule is CSc1ccnc(C#N)c1OC1CC1. The highest BCUT2D eigenvalue weighted by molar-refractivity contribution is 7.98. The van der Waals surface area contributed by atoms with Gasteiger partial charge in [0, 0.05) is 6.20 Å². The van der Waals surface area contributed by atoms with E-state index in [1.165, 1.54) is 0 Å². The standard InChI is InChI=1S/C10H10N2OS/c1-14-9-4-5-12-8(6-11)10(9)13-7-2-3-7/h4-5,7H,2-3H2,1H3. The van der Waals surface area contributed by atoms with Crippen LogP contribution in [0.5, 0.6) is 5.75 Å². The molecule has 0 N–H and O–H groups in total. The van der Waals surface area contributed by atoms with Gasteiger partial charge in [0.2, 0.25) is 0 Å². The quantitative estimate of drug-likeness (QED) is 0.711. The number of hydrogen-bond donors (Lipinski definition) is 0. The van der Waals surface area contributed by atoms with Crippen LogP contribution in [-0.2, 0) is 0 Å². The summed E-state index contributed by atoms with van der Waals surface area (Å²) in [6, 6.07) is 3.93. The Bertz CT molecular complexity index is 382. The monoisotopic (exact) mass is 206 g/mol. The molecule has 72 valence electrons. The number of hydrogen-bond acceptors (Lipinski definition) is 4. The van der Waals surface area contributed by atoms with Crippen molar-refractivity contribution in [3.05, 3.63) is 18.0 Å². The van der Waals surface area contributed by atoms with Crippen LogP contribution < -0.4 is 4.74 Å². The lowest BCUT2D eigenvalue weighted by Crippen LogP contribution is -2.01. The van der Waals surface area contributed by atoms with Crippen LogP contribution in [-0.4, -0.2) is 17.3 Å². The molecule has 0 radical (unpaired) electrons. The lowest BCUT2D eigenvalue weighted by Gasteiger charge is -2.09. The van der Waals surface area contributed by atoms with E-state index >= 15 is 0 Å². The van der Waals surface area contributed by atoms with Gasteiger partial charge in [-0.3, -0.25) is 0 Å². The van der Waals surface area contributed by atoms with Crippen LogP contribution in [0.25, 0.3) is 0 Å². The van der Waals surface area contributed by atoms with Crippen LogP contribution in [0.15, 0.2) is 17.2 Å². The average molecular weight is 206 g/mol. The van der Waals surface area contributed by atoms with Crippen molar-refractivity contribution < 1.29 is 4.74 Å². The minimum Gasteiger partial charge on any atom is -0.486 e. The molecule has 0 unspecified atom stereocenters. The fraction of sp³-hybridized carbons (Fsp3) is 0.400. The molecule has 2 rings (SSSR count). The van der Waals surface area contributed by atoms with E-state index in [4.69, 9.17) is 10.00 Å². The molecule has 0 amide bonds. The fourth-order valence-corrected chi connectivity index (χ4v) is 1.66. The molecule has 1 heterocycles. The molecule has 1 fully saturated rings. The van der Waals surface area contributed by atoms with Crippen molar-refractivity contribution in [1.82, 2.24) is 4.98 Å². The molecule has 0 bridgehead atoms. The second-order valence-electron chi connectivity index (χ2n) is 3.12. The maximum Gasteiger partial charge on any atom is 0.183 e. The van der Waals surface area contributed by atoms with E-state index in [-0.39, 0.29) is 0 Å². The van der Waals surface area contributed by atoms with E-state index in [1.807, 2.05) is 12.3 Å². The molecule has 0 aliphatic heterocycles. The maximum absolute atomic E-state index is 8.87. The highest BCUT2D eigenvalue weighted by atomic mass is 32.2. The van der Waals surface area contributed by atoms with E-state index in [1.54, 1.807) is 18.0 Å². The number of nitrogens with zero attached hydrogens (tertiary/aromatic N) is 2. The zero-order valence-electron chi connectivity index (χ0n) is 7.86. The van der Waals surface area contributed by atoms with Crippen molar-refractivity contribution in [1.29, 1.82) is 5.26 Å². The third kappa shape index (κ3) is 1.83. The number of aromatic nitrogens is 1. The van der Waals surface area contributed by atoms with Crippen LogP contribution >= 0.6 is 11.8 Å². The van der Waals surface area contributed by atoms with Crippen molar-refractivity contribution in [2.24, 2.45) is 0 Å². The summed E-state index contributed by atoms with van der Waals surface area (Å²) in [5.74, 6) is 0.657. The van der Waals surface area contributed by atoms with Gasteiger partial charge in [-0.2, -0.15) is 5.26 Å². The van der Waals surface area contributed by atoms with Crippen LogP contribution in [0.1, 0.15) is 18.5 Å². The Labute approximate surface area is 87.1 Å². The highest BCUT2D eigenvalue weighted by Gasteiger charge is 2.26. The van der Waals surface area contributed by atoms with Gasteiger partial charge in [-0.1, -0.05) is 0 Å². The number of ether oxygens (including phenoxy) is 1. The molecule has 14 heavy (non-hydrogen) atoms. The zero-order chi connectivity index (χ0) is 9.97. The Morgan fingerprint density at radius 1 is 1.64 bits per heavy atom. The number of nitriles is 1. The Kier molecular flexibility index (Phi) is 2.60. The van der Waals surface area contributed by atoms with Gasteiger partial charge in [0.15, 0.2) is 11.4 Å². The molecule has 3 nitrogen and oxygen atoms in total. The Balaban J connectivity index is 2.35. The normalized spacial score (nSPS) is 14.9. The first-order valence-corrected chi connectivity index (χ1v) is 5.67. The minimum atomic E-state index is 0.303. The molecule has 1 aliphatic rings. The summed E-state index contributed by atoms with van der Waals surface area (Å²) in [6.45, 7) is 0. The van der Waals surface area contributed by atoms with Crippen molar-refractivity contribution in [2.45, 2.75) is 23.8 Å². The van der Waals surface area contributed by atoms with E-state index in [0.29, 0.717) is 17.5 Å². The van der Waals surface area contributed by atoms with Gasteiger partial charge in [0.25, 0.3) is 0 Å². The zero-order valence-corrected chi connectivity index (χ0v) is 8.67. The van der Waals surface area contributed by atoms with Crippen LogP contribution in [0, 0.1) is 11.3 Å². The maximum atomic E-state index is 8.87. The second kappa shape index (κ2) is 3.89. The van der Waals surface area contributed by atoms with Gasteiger partial charge < -0.3 is 4.74 Å². The van der Waals surface area contributed by atoms with Gasteiger partial charge in [0.1, 0.15) is 6.07 Å². The van der Waals surface area contributed by atoms with E-state index in [2.05, 4.69) is 11.1 Å². The average Bonchev–Trinajstić information content (AvgIpc) is 3.02. The predicted molar refractivity (Wildman–Crippen MR) is 54.4 cm³/mol. The van der Waals surface area contributed by atoms with Gasteiger partial charge >= 0.3 is 0 Å². The Hall–Kier alpha value is -1.21. The molecule has 0 atom stereocenters. The molecule has 0 aromatic carbocycles. The summed E-state index contributed by atoms with van der Waals surface area (Å²) in [6.07, 6.45) is 6.10. The second-order valence-corrected chi connectivity index (χ2v) is 3.97. The molecule has 0 saturated heterocycles. The third-order valence-corrected chi connectivity index (χ3v) is 2.76. The minimum absolute atomic E-state index is 0.303. The summed E-state index contributed by atoms with van der Waals surface area (Å²) in [4.78, 5) is 4.98. The summed E-state index contributed by atoms with van der Waals surface area (Å²) in [5, 5.41) is 8.87. The molecular formula is C10H10N2OS. The number of rotatable bonds is 3. The summed E-state index contributed by atoms with van der Waals surface area (Å²) < 4.78 is 5.66. The summed E-state index contributed by atoms with van der Waals surface area (Å²) in [5.41, 5.74) is 0.392. The topological polar surface area (TPSA) is 45.9 Å². The van der Waals surface area contributed by atoms with Gasteiger partial charge in [-0.05, 0) is 25.2 Å². The predicted octanol–water partition coefficient (Wildman–Crippen LogP) is 2.22. The van der Waals surface area contributed by atoms with E-state index in [0.717, 1.165) is 17.7 Å². The molecular weight excluding hydrogens is 196 g/mol. The fourth-order valence-electron chi connectivity index (χ4n) is 1.14. The molecule has 1 aliphatic carbocycles. The number of pyridine rings is 1. The van der Waals surface area contributed by atoms with Crippen molar-refractivity contribution in [3.8, 4) is 11.8 Å².